The van der Waals surface area contributed by atoms with E-state index in [0.29, 0.717) is 32.5 Å². The fourth-order valence-corrected chi connectivity index (χ4v) is 3.87. The predicted octanol–water partition coefficient (Wildman–Crippen LogP) is 2.48. The van der Waals surface area contributed by atoms with Gasteiger partial charge in [0, 0.05) is 31.1 Å². The summed E-state index contributed by atoms with van der Waals surface area (Å²) in [6.45, 7) is 1.58. The Morgan fingerprint density at radius 1 is 1.15 bits per heavy atom. The van der Waals surface area contributed by atoms with E-state index in [-0.39, 0.29) is 11.5 Å². The van der Waals surface area contributed by atoms with Crippen molar-refractivity contribution in [3.63, 3.8) is 0 Å². The summed E-state index contributed by atoms with van der Waals surface area (Å²) in [7, 11) is 0. The molecule has 6 heteroatoms. The van der Waals surface area contributed by atoms with Gasteiger partial charge in [-0.2, -0.15) is 16.4 Å². The minimum absolute atomic E-state index is 0.0996. The second-order valence-corrected chi connectivity index (χ2v) is 7.25. The first-order chi connectivity index (χ1) is 12.7. The van der Waals surface area contributed by atoms with E-state index in [1.165, 1.54) is 4.68 Å². The standard InChI is InChI=1S/C20H19N3O2S/c24-19(10-16-7-9-26-14-16)22-8-6-18-17(13-22)11-20(25)23(21-18)12-15-4-2-1-3-5-15/h1-5,7,9,11,14H,6,8,10,12-13H2. The van der Waals surface area contributed by atoms with Crippen molar-refractivity contribution >= 4 is 17.2 Å². The van der Waals surface area contributed by atoms with Crippen LogP contribution in [0, 0.1) is 0 Å². The molecule has 0 fully saturated rings. The lowest BCUT2D eigenvalue weighted by atomic mass is 10.1. The van der Waals surface area contributed by atoms with E-state index >= 15 is 0 Å². The summed E-state index contributed by atoms with van der Waals surface area (Å²) in [6, 6.07) is 13.4. The van der Waals surface area contributed by atoms with Crippen LogP contribution in [0.1, 0.15) is 22.4 Å². The van der Waals surface area contributed by atoms with E-state index in [4.69, 9.17) is 0 Å². The first kappa shape index (κ1) is 16.7. The number of fused-ring (bicyclic) bond motifs is 1. The first-order valence-electron chi connectivity index (χ1n) is 8.62. The van der Waals surface area contributed by atoms with Crippen LogP contribution in [-0.2, 0) is 30.7 Å². The maximum absolute atomic E-state index is 12.5. The molecule has 132 valence electrons. The Balaban J connectivity index is 1.50. The number of amides is 1. The molecule has 5 nitrogen and oxygen atoms in total. The number of carbonyl (C=O) groups is 1. The van der Waals surface area contributed by atoms with Gasteiger partial charge in [-0.15, -0.1) is 0 Å². The van der Waals surface area contributed by atoms with Crippen molar-refractivity contribution in [1.82, 2.24) is 14.7 Å². The van der Waals surface area contributed by atoms with Crippen LogP contribution in [0.25, 0.3) is 0 Å². The average molecular weight is 365 g/mol. The molecule has 0 bridgehead atoms. The van der Waals surface area contributed by atoms with Crippen LogP contribution in [0.3, 0.4) is 0 Å². The summed E-state index contributed by atoms with van der Waals surface area (Å²) >= 11 is 1.60. The lowest BCUT2D eigenvalue weighted by Crippen LogP contribution is -2.39. The van der Waals surface area contributed by atoms with Gasteiger partial charge in [0.2, 0.25) is 5.91 Å². The highest BCUT2D eigenvalue weighted by Gasteiger charge is 2.23. The fraction of sp³-hybridized carbons (Fsp3) is 0.250. The number of thiophene rings is 1. The van der Waals surface area contributed by atoms with E-state index in [1.54, 1.807) is 17.4 Å². The highest BCUT2D eigenvalue weighted by molar-refractivity contribution is 7.08. The number of rotatable bonds is 4. The molecule has 0 atom stereocenters. The Labute approximate surface area is 155 Å². The maximum atomic E-state index is 12.5. The van der Waals surface area contributed by atoms with Gasteiger partial charge in [-0.25, -0.2) is 4.68 Å². The molecule has 0 unspecified atom stereocenters. The van der Waals surface area contributed by atoms with E-state index < -0.39 is 0 Å². The number of hydrogen-bond donors (Lipinski definition) is 0. The van der Waals surface area contributed by atoms with Crippen molar-refractivity contribution in [2.75, 3.05) is 6.54 Å². The monoisotopic (exact) mass is 365 g/mol. The zero-order valence-corrected chi connectivity index (χ0v) is 15.1. The van der Waals surface area contributed by atoms with Gasteiger partial charge in [-0.05, 0) is 28.0 Å². The van der Waals surface area contributed by atoms with Crippen molar-refractivity contribution in [2.24, 2.45) is 0 Å². The molecule has 26 heavy (non-hydrogen) atoms. The first-order valence-corrected chi connectivity index (χ1v) is 9.56. The van der Waals surface area contributed by atoms with Crippen LogP contribution in [0.2, 0.25) is 0 Å². The van der Waals surface area contributed by atoms with E-state index in [9.17, 15) is 9.59 Å². The highest BCUT2D eigenvalue weighted by atomic mass is 32.1. The van der Waals surface area contributed by atoms with E-state index in [0.717, 1.165) is 22.4 Å². The molecule has 2 aromatic heterocycles. The zero-order valence-electron chi connectivity index (χ0n) is 14.3. The van der Waals surface area contributed by atoms with Crippen molar-refractivity contribution in [3.05, 3.63) is 86.0 Å². The lowest BCUT2D eigenvalue weighted by Gasteiger charge is -2.28. The van der Waals surface area contributed by atoms with Gasteiger partial charge < -0.3 is 4.90 Å². The maximum Gasteiger partial charge on any atom is 0.267 e. The lowest BCUT2D eigenvalue weighted by molar-refractivity contribution is -0.131. The average Bonchev–Trinajstić information content (AvgIpc) is 3.16. The number of benzene rings is 1. The molecule has 0 spiro atoms. The summed E-state index contributed by atoms with van der Waals surface area (Å²) in [4.78, 5) is 26.7. The van der Waals surface area contributed by atoms with Gasteiger partial charge >= 0.3 is 0 Å². The third-order valence-corrected chi connectivity index (χ3v) is 5.34. The summed E-state index contributed by atoms with van der Waals surface area (Å²) in [5, 5.41) is 8.52. The molecular weight excluding hydrogens is 346 g/mol. The fourth-order valence-electron chi connectivity index (χ4n) is 3.20. The molecule has 0 saturated heterocycles. The molecule has 1 aromatic carbocycles. The van der Waals surface area contributed by atoms with Crippen LogP contribution in [-0.4, -0.2) is 27.1 Å². The molecule has 0 saturated carbocycles. The largest absolute Gasteiger partial charge is 0.338 e. The van der Waals surface area contributed by atoms with Gasteiger partial charge in [0.1, 0.15) is 0 Å². The highest BCUT2D eigenvalue weighted by Crippen LogP contribution is 2.17. The number of hydrogen-bond acceptors (Lipinski definition) is 4. The Morgan fingerprint density at radius 2 is 2.00 bits per heavy atom. The minimum atomic E-state index is -0.125. The van der Waals surface area contributed by atoms with Crippen LogP contribution in [0.5, 0.6) is 0 Å². The number of carbonyl (C=O) groups excluding carboxylic acids is 1. The van der Waals surface area contributed by atoms with Crippen molar-refractivity contribution in [2.45, 2.75) is 25.9 Å². The van der Waals surface area contributed by atoms with E-state index in [1.807, 2.05) is 52.1 Å². The smallest absolute Gasteiger partial charge is 0.267 e. The second kappa shape index (κ2) is 7.25. The van der Waals surface area contributed by atoms with Gasteiger partial charge in [0.15, 0.2) is 0 Å². The van der Waals surface area contributed by atoms with Gasteiger partial charge in [0.05, 0.1) is 18.7 Å². The molecule has 1 amide bonds. The Bertz CT molecular complexity index is 964. The van der Waals surface area contributed by atoms with E-state index in [2.05, 4.69) is 5.10 Å². The van der Waals surface area contributed by atoms with Crippen LogP contribution in [0.15, 0.2) is 58.0 Å². The summed E-state index contributed by atoms with van der Waals surface area (Å²) in [5.74, 6) is 0.0996. The van der Waals surface area contributed by atoms with Gasteiger partial charge in [-0.1, -0.05) is 30.3 Å². The topological polar surface area (TPSA) is 55.2 Å². The summed E-state index contributed by atoms with van der Waals surface area (Å²) in [6.07, 6.45) is 1.09. The predicted molar refractivity (Wildman–Crippen MR) is 101 cm³/mol. The Morgan fingerprint density at radius 3 is 2.77 bits per heavy atom. The van der Waals surface area contributed by atoms with Crippen molar-refractivity contribution < 1.29 is 4.79 Å². The SMILES string of the molecule is O=C(Cc1ccsc1)N1CCc2nn(Cc3ccccc3)c(=O)cc2C1. The minimum Gasteiger partial charge on any atom is -0.338 e. The normalized spacial score (nSPS) is 13.5. The number of aromatic nitrogens is 2. The molecule has 1 aliphatic rings. The van der Waals surface area contributed by atoms with Gasteiger partial charge in [0.25, 0.3) is 5.56 Å². The van der Waals surface area contributed by atoms with Crippen LogP contribution in [0.4, 0.5) is 0 Å². The van der Waals surface area contributed by atoms with Crippen LogP contribution < -0.4 is 5.56 Å². The molecule has 0 aliphatic carbocycles. The van der Waals surface area contributed by atoms with Crippen molar-refractivity contribution in [3.8, 4) is 0 Å². The quantitative estimate of drug-likeness (QED) is 0.714. The summed E-state index contributed by atoms with van der Waals surface area (Å²) < 4.78 is 1.51. The molecular formula is C20H19N3O2S. The Hall–Kier alpha value is -2.73. The molecule has 4 rings (SSSR count). The third kappa shape index (κ3) is 3.60. The zero-order chi connectivity index (χ0) is 17.9. The Kier molecular flexibility index (Phi) is 4.67. The van der Waals surface area contributed by atoms with Crippen molar-refractivity contribution in [1.29, 1.82) is 0 Å². The van der Waals surface area contributed by atoms with Gasteiger partial charge in [-0.3, -0.25) is 9.59 Å². The third-order valence-electron chi connectivity index (χ3n) is 4.61. The molecule has 1 aliphatic heterocycles. The molecule has 3 heterocycles. The molecule has 0 N–H and O–H groups in total. The molecule has 0 radical (unpaired) electrons. The second-order valence-electron chi connectivity index (χ2n) is 6.47. The van der Waals surface area contributed by atoms with Crippen LogP contribution >= 0.6 is 11.3 Å². The molecule has 3 aromatic rings. The number of nitrogens with zero attached hydrogens (tertiary/aromatic N) is 3. The summed E-state index contributed by atoms with van der Waals surface area (Å²) in [5.41, 5.74) is 3.75.